The number of benzene rings is 3. The lowest BCUT2D eigenvalue weighted by Gasteiger charge is -2.34. The van der Waals surface area contributed by atoms with E-state index in [1.54, 1.807) is 19.2 Å². The van der Waals surface area contributed by atoms with E-state index in [9.17, 15) is 9.59 Å². The molecule has 1 fully saturated rings. The molecule has 1 unspecified atom stereocenters. The maximum absolute atomic E-state index is 13.6. The fraction of sp³-hybridized carbons (Fsp3) is 0.355. The minimum absolute atomic E-state index is 0.0976. The molecule has 1 aliphatic rings. The first-order valence-corrected chi connectivity index (χ1v) is 12.9. The minimum Gasteiger partial charge on any atom is -0.497 e. The van der Waals surface area contributed by atoms with Crippen molar-refractivity contribution in [1.29, 1.82) is 0 Å². The van der Waals surface area contributed by atoms with Crippen LogP contribution in [0.3, 0.4) is 0 Å². The number of amides is 2. The van der Waals surface area contributed by atoms with Gasteiger partial charge in [0.25, 0.3) is 5.91 Å². The van der Waals surface area contributed by atoms with Gasteiger partial charge < -0.3 is 14.5 Å². The van der Waals surface area contributed by atoms with Gasteiger partial charge in [0.2, 0.25) is 5.91 Å². The lowest BCUT2D eigenvalue weighted by Crippen LogP contribution is -2.41. The lowest BCUT2D eigenvalue weighted by molar-refractivity contribution is -0.132. The predicted molar refractivity (Wildman–Crippen MR) is 143 cm³/mol. The number of hydrogen-bond donors (Lipinski definition) is 0. The van der Waals surface area contributed by atoms with E-state index in [1.165, 1.54) is 5.56 Å². The number of hydrogen-bond acceptors (Lipinski definition) is 3. The molecule has 3 aromatic carbocycles. The van der Waals surface area contributed by atoms with Gasteiger partial charge in [0.1, 0.15) is 5.75 Å². The Morgan fingerprint density at radius 3 is 2.28 bits per heavy atom. The molecule has 1 atom stereocenters. The zero-order chi connectivity index (χ0) is 25.3. The number of methoxy groups -OCH3 is 1. The molecular weight excluding hydrogens is 448 g/mol. The maximum Gasteiger partial charge on any atom is 0.254 e. The van der Waals surface area contributed by atoms with Gasteiger partial charge in [0.15, 0.2) is 0 Å². The minimum atomic E-state index is -0.158. The first kappa shape index (κ1) is 25.5. The van der Waals surface area contributed by atoms with Crippen LogP contribution in [0, 0.1) is 5.92 Å². The molecule has 188 valence electrons. The van der Waals surface area contributed by atoms with Crippen molar-refractivity contribution in [3.05, 3.63) is 102 Å². The summed E-state index contributed by atoms with van der Waals surface area (Å²) < 4.78 is 5.32. The molecule has 5 nitrogen and oxygen atoms in total. The molecule has 0 radical (unpaired) electrons. The van der Waals surface area contributed by atoms with Crippen LogP contribution in [0.4, 0.5) is 0 Å². The smallest absolute Gasteiger partial charge is 0.254 e. The van der Waals surface area contributed by atoms with E-state index in [0.29, 0.717) is 30.2 Å². The summed E-state index contributed by atoms with van der Waals surface area (Å²) in [4.78, 5) is 30.5. The van der Waals surface area contributed by atoms with Gasteiger partial charge in [-0.15, -0.1) is 0 Å². The molecule has 1 heterocycles. The Morgan fingerprint density at radius 1 is 0.944 bits per heavy atom. The highest BCUT2D eigenvalue weighted by atomic mass is 16.5. The molecule has 3 aromatic rings. The molecule has 0 bridgehead atoms. The number of nitrogens with zero attached hydrogens (tertiary/aromatic N) is 2. The Morgan fingerprint density at radius 2 is 1.61 bits per heavy atom. The van der Waals surface area contributed by atoms with E-state index in [4.69, 9.17) is 4.74 Å². The molecule has 0 spiro atoms. The average Bonchev–Trinajstić information content (AvgIpc) is 2.94. The summed E-state index contributed by atoms with van der Waals surface area (Å²) in [6.45, 7) is 3.96. The van der Waals surface area contributed by atoms with Crippen LogP contribution in [-0.2, 0) is 11.2 Å². The Hall–Kier alpha value is -3.60. The highest BCUT2D eigenvalue weighted by molar-refractivity contribution is 5.95. The SMILES string of the molecule is COc1cccc(C(=O)N(CCC(=O)N2CCC(Cc3ccccc3)CC2)C(C)c2ccccc2)c1. The van der Waals surface area contributed by atoms with Gasteiger partial charge in [-0.05, 0) is 61.4 Å². The van der Waals surface area contributed by atoms with E-state index in [0.717, 1.165) is 37.9 Å². The van der Waals surface area contributed by atoms with Crippen LogP contribution in [0.5, 0.6) is 5.75 Å². The molecule has 0 N–H and O–H groups in total. The van der Waals surface area contributed by atoms with Gasteiger partial charge in [0, 0.05) is 31.6 Å². The number of ether oxygens (including phenoxy) is 1. The van der Waals surface area contributed by atoms with Crippen LogP contribution in [0.2, 0.25) is 0 Å². The number of carbonyl (C=O) groups excluding carboxylic acids is 2. The monoisotopic (exact) mass is 484 g/mol. The molecule has 4 rings (SSSR count). The molecular formula is C31H36N2O3. The van der Waals surface area contributed by atoms with E-state index in [2.05, 4.69) is 24.3 Å². The topological polar surface area (TPSA) is 49.9 Å². The van der Waals surface area contributed by atoms with Crippen molar-refractivity contribution >= 4 is 11.8 Å². The Bertz CT molecular complexity index is 1120. The standard InChI is InChI=1S/C31H36N2O3/c1-24(27-12-7-4-8-13-27)33(31(35)28-14-9-15-29(23-28)36-2)21-18-30(34)32-19-16-26(17-20-32)22-25-10-5-3-6-11-25/h3-15,23-24,26H,16-22H2,1-2H3. The van der Waals surface area contributed by atoms with Crippen LogP contribution in [0.25, 0.3) is 0 Å². The summed E-state index contributed by atoms with van der Waals surface area (Å²) in [7, 11) is 1.59. The Balaban J connectivity index is 1.39. The van der Waals surface area contributed by atoms with Crippen molar-refractivity contribution < 1.29 is 14.3 Å². The summed E-state index contributed by atoms with van der Waals surface area (Å²) in [5, 5.41) is 0. The first-order chi connectivity index (χ1) is 17.5. The number of piperidine rings is 1. The third-order valence-corrected chi connectivity index (χ3v) is 7.23. The summed E-state index contributed by atoms with van der Waals surface area (Å²) >= 11 is 0. The fourth-order valence-corrected chi connectivity index (χ4v) is 5.01. The second kappa shape index (κ2) is 12.4. The van der Waals surface area contributed by atoms with Crippen molar-refractivity contribution in [1.82, 2.24) is 9.80 Å². The van der Waals surface area contributed by atoms with E-state index >= 15 is 0 Å². The summed E-state index contributed by atoms with van der Waals surface area (Å²) in [5.74, 6) is 1.28. The normalized spacial score (nSPS) is 14.8. The molecule has 1 aliphatic heterocycles. The molecule has 5 heteroatoms. The van der Waals surface area contributed by atoms with Crippen molar-refractivity contribution in [2.24, 2.45) is 5.92 Å². The zero-order valence-electron chi connectivity index (χ0n) is 21.3. The molecule has 2 amide bonds. The third-order valence-electron chi connectivity index (χ3n) is 7.23. The second-order valence-corrected chi connectivity index (χ2v) is 9.58. The zero-order valence-corrected chi connectivity index (χ0v) is 21.3. The fourth-order valence-electron chi connectivity index (χ4n) is 5.01. The summed E-state index contributed by atoms with van der Waals surface area (Å²) in [6.07, 6.45) is 3.43. The predicted octanol–water partition coefficient (Wildman–Crippen LogP) is 5.77. The van der Waals surface area contributed by atoms with Crippen LogP contribution in [-0.4, -0.2) is 48.4 Å². The maximum atomic E-state index is 13.6. The van der Waals surface area contributed by atoms with Crippen LogP contribution >= 0.6 is 0 Å². The van der Waals surface area contributed by atoms with E-state index < -0.39 is 0 Å². The van der Waals surface area contributed by atoms with Crippen molar-refractivity contribution in [2.45, 2.75) is 38.6 Å². The van der Waals surface area contributed by atoms with Gasteiger partial charge in [-0.25, -0.2) is 0 Å². The first-order valence-electron chi connectivity index (χ1n) is 12.9. The van der Waals surface area contributed by atoms with Crippen molar-refractivity contribution in [3.63, 3.8) is 0 Å². The van der Waals surface area contributed by atoms with Gasteiger partial charge >= 0.3 is 0 Å². The van der Waals surface area contributed by atoms with Gasteiger partial charge in [-0.3, -0.25) is 9.59 Å². The number of likely N-dealkylation sites (tertiary alicyclic amines) is 1. The Kier molecular flexibility index (Phi) is 8.77. The number of carbonyl (C=O) groups is 2. The Labute approximate surface area is 214 Å². The van der Waals surface area contributed by atoms with Gasteiger partial charge in [0.05, 0.1) is 13.2 Å². The average molecular weight is 485 g/mol. The summed E-state index contributed by atoms with van der Waals surface area (Å²) in [5.41, 5.74) is 2.97. The van der Waals surface area contributed by atoms with Crippen LogP contribution in [0.1, 0.15) is 53.7 Å². The van der Waals surface area contributed by atoms with Crippen molar-refractivity contribution in [2.75, 3.05) is 26.7 Å². The molecule has 36 heavy (non-hydrogen) atoms. The molecule has 0 aliphatic carbocycles. The molecule has 1 saturated heterocycles. The molecule has 0 aromatic heterocycles. The highest BCUT2D eigenvalue weighted by Gasteiger charge is 2.27. The highest BCUT2D eigenvalue weighted by Crippen LogP contribution is 2.25. The third kappa shape index (κ3) is 6.54. The van der Waals surface area contributed by atoms with Crippen molar-refractivity contribution in [3.8, 4) is 5.75 Å². The lowest BCUT2D eigenvalue weighted by atomic mass is 9.90. The molecule has 0 saturated carbocycles. The quantitative estimate of drug-likeness (QED) is 0.387. The van der Waals surface area contributed by atoms with Gasteiger partial charge in [-0.1, -0.05) is 66.7 Å². The second-order valence-electron chi connectivity index (χ2n) is 9.58. The van der Waals surface area contributed by atoms with Crippen LogP contribution in [0.15, 0.2) is 84.9 Å². The van der Waals surface area contributed by atoms with Crippen LogP contribution < -0.4 is 4.74 Å². The van der Waals surface area contributed by atoms with Gasteiger partial charge in [-0.2, -0.15) is 0 Å². The number of rotatable bonds is 9. The van der Waals surface area contributed by atoms with E-state index in [1.807, 2.05) is 65.3 Å². The summed E-state index contributed by atoms with van der Waals surface area (Å²) in [6, 6.07) is 27.6. The van der Waals surface area contributed by atoms with E-state index in [-0.39, 0.29) is 17.9 Å². The largest absolute Gasteiger partial charge is 0.497 e.